The van der Waals surface area contributed by atoms with Gasteiger partial charge in [-0.15, -0.1) is 0 Å². The average molecular weight is 339 g/mol. The molecular weight excluding hydrogens is 318 g/mol. The van der Waals surface area contributed by atoms with E-state index in [-0.39, 0.29) is 11.9 Å². The van der Waals surface area contributed by atoms with E-state index in [9.17, 15) is 9.59 Å². The lowest BCUT2D eigenvalue weighted by molar-refractivity contribution is 0.0655. The molecule has 2 aromatic carbocycles. The first-order chi connectivity index (χ1) is 12.0. The zero-order valence-electron chi connectivity index (χ0n) is 14.1. The minimum absolute atomic E-state index is 0.0337. The fourth-order valence-corrected chi connectivity index (χ4v) is 2.80. The van der Waals surface area contributed by atoms with Crippen LogP contribution in [0.1, 0.15) is 27.6 Å². The van der Waals surface area contributed by atoms with Crippen LogP contribution < -0.4 is 15.8 Å². The van der Waals surface area contributed by atoms with Crippen molar-refractivity contribution in [3.63, 3.8) is 0 Å². The third-order valence-corrected chi connectivity index (χ3v) is 4.24. The highest BCUT2D eigenvalue weighted by atomic mass is 16.5. The van der Waals surface area contributed by atoms with Gasteiger partial charge in [0.05, 0.1) is 0 Å². The molecule has 6 nitrogen and oxygen atoms in total. The maximum absolute atomic E-state index is 12.6. The standard InChI is InChI=1S/C19H21N3O3/c1-13-12-21-10-11-22(13)19(24)15-4-8-17(9-5-15)25-16-6-2-14(3-7-16)18(20)23/h2-9,13,21H,10-12H2,1H3,(H2,20,23)/t13-/m1/s1. The molecule has 0 aliphatic carbocycles. The van der Waals surface area contributed by atoms with Crippen LogP contribution in [0.2, 0.25) is 0 Å². The minimum atomic E-state index is -0.475. The summed E-state index contributed by atoms with van der Waals surface area (Å²) >= 11 is 0. The number of hydrogen-bond donors (Lipinski definition) is 2. The molecule has 0 aromatic heterocycles. The molecule has 1 atom stereocenters. The molecule has 1 aliphatic heterocycles. The molecular formula is C19H21N3O3. The van der Waals surface area contributed by atoms with Crippen molar-refractivity contribution in [1.29, 1.82) is 0 Å². The Morgan fingerprint density at radius 1 is 1.04 bits per heavy atom. The molecule has 1 saturated heterocycles. The van der Waals surface area contributed by atoms with E-state index in [1.54, 1.807) is 48.5 Å². The molecule has 3 N–H and O–H groups in total. The zero-order chi connectivity index (χ0) is 17.8. The van der Waals surface area contributed by atoms with E-state index in [1.807, 2.05) is 11.8 Å². The lowest BCUT2D eigenvalue weighted by Crippen LogP contribution is -2.52. The lowest BCUT2D eigenvalue weighted by Gasteiger charge is -2.34. The molecule has 0 unspecified atom stereocenters. The van der Waals surface area contributed by atoms with Crippen LogP contribution in [0.25, 0.3) is 0 Å². The Balaban J connectivity index is 1.67. The maximum atomic E-state index is 12.6. The van der Waals surface area contributed by atoms with Crippen molar-refractivity contribution in [2.24, 2.45) is 5.73 Å². The Kier molecular flexibility index (Phi) is 5.00. The smallest absolute Gasteiger partial charge is 0.254 e. The topological polar surface area (TPSA) is 84.7 Å². The van der Waals surface area contributed by atoms with E-state index in [4.69, 9.17) is 10.5 Å². The second-order valence-electron chi connectivity index (χ2n) is 6.07. The van der Waals surface area contributed by atoms with E-state index in [2.05, 4.69) is 5.32 Å². The van der Waals surface area contributed by atoms with E-state index >= 15 is 0 Å². The van der Waals surface area contributed by atoms with Crippen molar-refractivity contribution >= 4 is 11.8 Å². The van der Waals surface area contributed by atoms with Crippen LogP contribution in [0.3, 0.4) is 0 Å². The van der Waals surface area contributed by atoms with Crippen molar-refractivity contribution in [3.05, 3.63) is 59.7 Å². The molecule has 1 fully saturated rings. The van der Waals surface area contributed by atoms with Crippen molar-refractivity contribution < 1.29 is 14.3 Å². The van der Waals surface area contributed by atoms with Crippen LogP contribution in [-0.4, -0.2) is 42.4 Å². The van der Waals surface area contributed by atoms with Crippen LogP contribution in [0.5, 0.6) is 11.5 Å². The van der Waals surface area contributed by atoms with Crippen LogP contribution >= 0.6 is 0 Å². The summed E-state index contributed by atoms with van der Waals surface area (Å²) in [5, 5.41) is 3.28. The van der Waals surface area contributed by atoms with Crippen LogP contribution in [0.4, 0.5) is 0 Å². The Labute approximate surface area is 146 Å². The molecule has 3 rings (SSSR count). The Hall–Kier alpha value is -2.86. The average Bonchev–Trinajstić information content (AvgIpc) is 2.63. The first-order valence-corrected chi connectivity index (χ1v) is 8.24. The molecule has 0 saturated carbocycles. The molecule has 0 spiro atoms. The first-order valence-electron chi connectivity index (χ1n) is 8.24. The van der Waals surface area contributed by atoms with Gasteiger partial charge in [0.2, 0.25) is 5.91 Å². The second-order valence-corrected chi connectivity index (χ2v) is 6.07. The third-order valence-electron chi connectivity index (χ3n) is 4.24. The van der Waals surface area contributed by atoms with Gasteiger partial charge in [0.1, 0.15) is 11.5 Å². The number of primary amides is 1. The normalized spacial score (nSPS) is 17.2. The Morgan fingerprint density at radius 3 is 2.12 bits per heavy atom. The lowest BCUT2D eigenvalue weighted by atomic mass is 10.1. The summed E-state index contributed by atoms with van der Waals surface area (Å²) in [5.74, 6) is 0.777. The fourth-order valence-electron chi connectivity index (χ4n) is 2.80. The number of carbonyl (C=O) groups is 2. The Bertz CT molecular complexity index is 756. The van der Waals surface area contributed by atoms with E-state index in [1.165, 1.54) is 0 Å². The number of benzene rings is 2. The quantitative estimate of drug-likeness (QED) is 0.892. The molecule has 1 aliphatic rings. The summed E-state index contributed by atoms with van der Waals surface area (Å²) in [5.41, 5.74) is 6.29. The number of nitrogens with zero attached hydrogens (tertiary/aromatic N) is 1. The summed E-state index contributed by atoms with van der Waals surface area (Å²) in [6.45, 7) is 4.38. The van der Waals surface area contributed by atoms with Gasteiger partial charge < -0.3 is 20.7 Å². The van der Waals surface area contributed by atoms with Crippen molar-refractivity contribution in [3.8, 4) is 11.5 Å². The molecule has 130 valence electrons. The molecule has 2 amide bonds. The molecule has 1 heterocycles. The Morgan fingerprint density at radius 2 is 1.60 bits per heavy atom. The largest absolute Gasteiger partial charge is 0.457 e. The number of hydrogen-bond acceptors (Lipinski definition) is 4. The molecule has 6 heteroatoms. The van der Waals surface area contributed by atoms with Gasteiger partial charge in [-0.25, -0.2) is 0 Å². The molecule has 0 bridgehead atoms. The second kappa shape index (κ2) is 7.36. The number of carbonyl (C=O) groups excluding carboxylic acids is 2. The summed E-state index contributed by atoms with van der Waals surface area (Å²) < 4.78 is 5.73. The summed E-state index contributed by atoms with van der Waals surface area (Å²) in [7, 11) is 0. The van der Waals surface area contributed by atoms with Gasteiger partial charge in [0, 0.05) is 36.8 Å². The number of piperazine rings is 1. The number of amides is 2. The van der Waals surface area contributed by atoms with E-state index in [0.717, 1.165) is 13.1 Å². The van der Waals surface area contributed by atoms with Gasteiger partial charge >= 0.3 is 0 Å². The van der Waals surface area contributed by atoms with Gasteiger partial charge in [-0.1, -0.05) is 0 Å². The van der Waals surface area contributed by atoms with Crippen LogP contribution in [-0.2, 0) is 0 Å². The fraction of sp³-hybridized carbons (Fsp3) is 0.263. The monoisotopic (exact) mass is 339 g/mol. The number of ether oxygens (including phenoxy) is 1. The SMILES string of the molecule is C[C@@H]1CNCCN1C(=O)c1ccc(Oc2ccc(C(N)=O)cc2)cc1. The third kappa shape index (κ3) is 3.97. The highest BCUT2D eigenvalue weighted by Crippen LogP contribution is 2.23. The summed E-state index contributed by atoms with van der Waals surface area (Å²) in [4.78, 5) is 25.5. The van der Waals surface area contributed by atoms with Crippen LogP contribution in [0, 0.1) is 0 Å². The van der Waals surface area contributed by atoms with Gasteiger partial charge in [0.25, 0.3) is 5.91 Å². The zero-order valence-corrected chi connectivity index (χ0v) is 14.1. The van der Waals surface area contributed by atoms with E-state index in [0.29, 0.717) is 29.2 Å². The predicted octanol–water partition coefficient (Wildman–Crippen LogP) is 2.01. The maximum Gasteiger partial charge on any atom is 0.254 e. The minimum Gasteiger partial charge on any atom is -0.457 e. The van der Waals surface area contributed by atoms with Gasteiger partial charge in [-0.05, 0) is 55.5 Å². The highest BCUT2D eigenvalue weighted by molar-refractivity contribution is 5.94. The number of nitrogens with one attached hydrogen (secondary N) is 1. The van der Waals surface area contributed by atoms with Crippen LogP contribution in [0.15, 0.2) is 48.5 Å². The van der Waals surface area contributed by atoms with Crippen molar-refractivity contribution in [2.75, 3.05) is 19.6 Å². The van der Waals surface area contributed by atoms with Crippen molar-refractivity contribution in [1.82, 2.24) is 10.2 Å². The number of rotatable bonds is 4. The van der Waals surface area contributed by atoms with Crippen molar-refractivity contribution in [2.45, 2.75) is 13.0 Å². The van der Waals surface area contributed by atoms with Gasteiger partial charge in [-0.2, -0.15) is 0 Å². The first kappa shape index (κ1) is 17.0. The van der Waals surface area contributed by atoms with Gasteiger partial charge in [0.15, 0.2) is 0 Å². The van der Waals surface area contributed by atoms with E-state index < -0.39 is 5.91 Å². The molecule has 0 radical (unpaired) electrons. The summed E-state index contributed by atoms with van der Waals surface area (Å²) in [6.07, 6.45) is 0. The van der Waals surface area contributed by atoms with Gasteiger partial charge in [-0.3, -0.25) is 9.59 Å². The predicted molar refractivity (Wildman–Crippen MR) is 94.8 cm³/mol. The summed E-state index contributed by atoms with van der Waals surface area (Å²) in [6, 6.07) is 13.8. The number of nitrogens with two attached hydrogens (primary N) is 1. The molecule has 25 heavy (non-hydrogen) atoms. The highest BCUT2D eigenvalue weighted by Gasteiger charge is 2.23. The molecule has 2 aromatic rings.